The van der Waals surface area contributed by atoms with Gasteiger partial charge < -0.3 is 10.0 Å². The van der Waals surface area contributed by atoms with E-state index in [-0.39, 0.29) is 11.7 Å². The first-order chi connectivity index (χ1) is 8.16. The Labute approximate surface area is 97.9 Å². The molecule has 2 N–H and O–H groups in total. The lowest BCUT2D eigenvalue weighted by Crippen LogP contribution is -2.26. The van der Waals surface area contributed by atoms with Crippen molar-refractivity contribution in [2.75, 3.05) is 7.05 Å². The van der Waals surface area contributed by atoms with E-state index in [2.05, 4.69) is 15.2 Å². The molecule has 0 aliphatic heterocycles. The molecule has 6 heteroatoms. The van der Waals surface area contributed by atoms with Crippen LogP contribution in [0.25, 0.3) is 0 Å². The van der Waals surface area contributed by atoms with Crippen LogP contribution in [0.4, 0.5) is 0 Å². The van der Waals surface area contributed by atoms with Gasteiger partial charge in [-0.3, -0.25) is 9.89 Å². The molecule has 1 aromatic carbocycles. The monoisotopic (exact) mass is 232 g/mol. The Bertz CT molecular complexity index is 493. The molecule has 0 fully saturated rings. The zero-order valence-corrected chi connectivity index (χ0v) is 9.29. The number of H-pyrrole nitrogens is 1. The lowest BCUT2D eigenvalue weighted by Gasteiger charge is -2.15. The van der Waals surface area contributed by atoms with E-state index in [1.807, 2.05) is 0 Å². The van der Waals surface area contributed by atoms with Gasteiger partial charge in [-0.05, 0) is 24.3 Å². The number of benzene rings is 1. The van der Waals surface area contributed by atoms with Crippen molar-refractivity contribution >= 4 is 5.91 Å². The highest BCUT2D eigenvalue weighted by molar-refractivity contribution is 5.94. The normalized spacial score (nSPS) is 10.2. The molecule has 0 spiro atoms. The van der Waals surface area contributed by atoms with Crippen LogP contribution in [0.15, 0.2) is 30.6 Å². The summed E-state index contributed by atoms with van der Waals surface area (Å²) in [6.45, 7) is 0.361. The van der Waals surface area contributed by atoms with Crippen LogP contribution in [0.1, 0.15) is 16.2 Å². The van der Waals surface area contributed by atoms with E-state index in [1.165, 1.54) is 23.4 Å². The summed E-state index contributed by atoms with van der Waals surface area (Å²) in [6, 6.07) is 6.12. The number of hydrogen-bond donors (Lipinski definition) is 2. The number of phenolic OH excluding ortho intramolecular Hbond substituents is 1. The second kappa shape index (κ2) is 4.65. The largest absolute Gasteiger partial charge is 0.508 e. The van der Waals surface area contributed by atoms with Gasteiger partial charge >= 0.3 is 0 Å². The highest BCUT2D eigenvalue weighted by Crippen LogP contribution is 2.11. The molecule has 0 atom stereocenters. The second-order valence-electron chi connectivity index (χ2n) is 3.64. The predicted molar refractivity (Wildman–Crippen MR) is 60.3 cm³/mol. The molecule has 2 aromatic rings. The third-order valence-electron chi connectivity index (χ3n) is 2.31. The van der Waals surface area contributed by atoms with Gasteiger partial charge in [-0.2, -0.15) is 5.10 Å². The second-order valence-corrected chi connectivity index (χ2v) is 3.64. The third-order valence-corrected chi connectivity index (χ3v) is 2.31. The first-order valence-corrected chi connectivity index (χ1v) is 5.05. The number of amides is 1. The molecule has 0 aliphatic rings. The third kappa shape index (κ3) is 2.60. The minimum Gasteiger partial charge on any atom is -0.508 e. The summed E-state index contributed by atoms with van der Waals surface area (Å²) >= 11 is 0. The minimum absolute atomic E-state index is 0.138. The first kappa shape index (κ1) is 11.1. The number of carbonyl (C=O) groups excluding carboxylic acids is 1. The van der Waals surface area contributed by atoms with Crippen LogP contribution in [0, 0.1) is 0 Å². The maximum Gasteiger partial charge on any atom is 0.254 e. The summed E-state index contributed by atoms with van der Waals surface area (Å²) in [7, 11) is 1.68. The van der Waals surface area contributed by atoms with E-state index < -0.39 is 0 Å². The minimum atomic E-state index is -0.138. The molecule has 0 bridgehead atoms. The molecule has 88 valence electrons. The zero-order valence-electron chi connectivity index (χ0n) is 9.29. The van der Waals surface area contributed by atoms with Crippen LogP contribution in [-0.2, 0) is 6.54 Å². The van der Waals surface area contributed by atoms with Gasteiger partial charge in [-0.25, -0.2) is 4.98 Å². The van der Waals surface area contributed by atoms with E-state index in [1.54, 1.807) is 19.2 Å². The zero-order chi connectivity index (χ0) is 12.3. The van der Waals surface area contributed by atoms with Crippen molar-refractivity contribution in [2.24, 2.45) is 0 Å². The number of carbonyl (C=O) groups is 1. The lowest BCUT2D eigenvalue weighted by molar-refractivity contribution is 0.0781. The smallest absolute Gasteiger partial charge is 0.254 e. The Morgan fingerprint density at radius 2 is 2.12 bits per heavy atom. The Balaban J connectivity index is 2.07. The summed E-state index contributed by atoms with van der Waals surface area (Å²) in [5.41, 5.74) is 0.518. The van der Waals surface area contributed by atoms with Gasteiger partial charge in [0.15, 0.2) is 0 Å². The van der Waals surface area contributed by atoms with Crippen molar-refractivity contribution in [2.45, 2.75) is 6.54 Å². The molecule has 17 heavy (non-hydrogen) atoms. The summed E-state index contributed by atoms with van der Waals surface area (Å²) in [6.07, 6.45) is 1.40. The summed E-state index contributed by atoms with van der Waals surface area (Å²) in [4.78, 5) is 17.4. The molecule has 1 aromatic heterocycles. The van der Waals surface area contributed by atoms with E-state index in [0.717, 1.165) is 0 Å². The Morgan fingerprint density at radius 3 is 2.71 bits per heavy atom. The average molecular weight is 232 g/mol. The van der Waals surface area contributed by atoms with Crippen LogP contribution in [0.2, 0.25) is 0 Å². The van der Waals surface area contributed by atoms with Crippen LogP contribution in [0.3, 0.4) is 0 Å². The van der Waals surface area contributed by atoms with Crippen LogP contribution >= 0.6 is 0 Å². The fraction of sp³-hybridized carbons (Fsp3) is 0.182. The number of aromatic nitrogens is 3. The molecule has 2 rings (SSSR count). The highest BCUT2D eigenvalue weighted by Gasteiger charge is 2.12. The molecule has 0 unspecified atom stereocenters. The van der Waals surface area contributed by atoms with Gasteiger partial charge in [-0.15, -0.1) is 0 Å². The van der Waals surface area contributed by atoms with E-state index in [4.69, 9.17) is 5.11 Å². The number of phenols is 1. The molecule has 1 amide bonds. The number of aromatic amines is 1. The Morgan fingerprint density at radius 1 is 1.41 bits per heavy atom. The number of nitrogens with one attached hydrogen (secondary N) is 1. The lowest BCUT2D eigenvalue weighted by atomic mass is 10.2. The molecule has 0 saturated carbocycles. The van der Waals surface area contributed by atoms with Crippen LogP contribution in [-0.4, -0.2) is 38.1 Å². The van der Waals surface area contributed by atoms with Crippen LogP contribution in [0.5, 0.6) is 5.75 Å². The topological polar surface area (TPSA) is 82.1 Å². The van der Waals surface area contributed by atoms with E-state index in [0.29, 0.717) is 17.9 Å². The summed E-state index contributed by atoms with van der Waals surface area (Å²) in [5, 5.41) is 15.5. The van der Waals surface area contributed by atoms with Gasteiger partial charge in [0.2, 0.25) is 0 Å². The molecule has 1 heterocycles. The maximum absolute atomic E-state index is 12.0. The van der Waals surface area contributed by atoms with E-state index >= 15 is 0 Å². The van der Waals surface area contributed by atoms with Crippen LogP contribution < -0.4 is 0 Å². The fourth-order valence-corrected chi connectivity index (χ4v) is 1.43. The standard InChI is InChI=1S/C11H12N4O2/c1-15(6-10-12-7-13-14-10)11(17)8-2-4-9(16)5-3-8/h2-5,7,16H,6H2,1H3,(H,12,13,14). The van der Waals surface area contributed by atoms with Gasteiger partial charge in [0.25, 0.3) is 5.91 Å². The van der Waals surface area contributed by atoms with Crippen molar-refractivity contribution in [1.82, 2.24) is 20.1 Å². The number of hydrogen-bond acceptors (Lipinski definition) is 4. The SMILES string of the molecule is CN(Cc1ncn[nH]1)C(=O)c1ccc(O)cc1. The molecule has 0 aliphatic carbocycles. The Kier molecular flexibility index (Phi) is 3.04. The fourth-order valence-electron chi connectivity index (χ4n) is 1.43. The van der Waals surface area contributed by atoms with Crippen molar-refractivity contribution < 1.29 is 9.90 Å². The van der Waals surface area contributed by atoms with Gasteiger partial charge in [0.05, 0.1) is 6.54 Å². The first-order valence-electron chi connectivity index (χ1n) is 5.05. The summed E-state index contributed by atoms with van der Waals surface area (Å²) < 4.78 is 0. The highest BCUT2D eigenvalue weighted by atomic mass is 16.3. The van der Waals surface area contributed by atoms with Crippen molar-refractivity contribution in [3.8, 4) is 5.75 Å². The number of aromatic hydroxyl groups is 1. The predicted octanol–water partition coefficient (Wildman–Crippen LogP) is 0.782. The quantitative estimate of drug-likeness (QED) is 0.819. The maximum atomic E-state index is 12.0. The number of rotatable bonds is 3. The summed E-state index contributed by atoms with van der Waals surface area (Å²) in [5.74, 6) is 0.625. The van der Waals surface area contributed by atoms with Crippen molar-refractivity contribution in [1.29, 1.82) is 0 Å². The van der Waals surface area contributed by atoms with Gasteiger partial charge in [0, 0.05) is 12.6 Å². The molecule has 0 radical (unpaired) electrons. The average Bonchev–Trinajstić information content (AvgIpc) is 2.82. The van der Waals surface area contributed by atoms with Gasteiger partial charge in [-0.1, -0.05) is 0 Å². The van der Waals surface area contributed by atoms with Crippen molar-refractivity contribution in [3.63, 3.8) is 0 Å². The van der Waals surface area contributed by atoms with Crippen molar-refractivity contribution in [3.05, 3.63) is 42.0 Å². The molecule has 0 saturated heterocycles. The molecular formula is C11H12N4O2. The number of nitrogens with zero attached hydrogens (tertiary/aromatic N) is 3. The van der Waals surface area contributed by atoms with E-state index in [9.17, 15) is 4.79 Å². The molecule has 6 nitrogen and oxygen atoms in total. The Hall–Kier alpha value is -2.37. The van der Waals surface area contributed by atoms with Gasteiger partial charge in [0.1, 0.15) is 17.9 Å². The molecular weight excluding hydrogens is 220 g/mol.